The van der Waals surface area contributed by atoms with Crippen molar-refractivity contribution in [2.75, 3.05) is 0 Å². The second-order valence-electron chi connectivity index (χ2n) is 5.62. The van der Waals surface area contributed by atoms with Crippen molar-refractivity contribution in [3.63, 3.8) is 0 Å². The number of benzene rings is 2. The summed E-state index contributed by atoms with van der Waals surface area (Å²) in [5.74, 6) is 0.472. The highest BCUT2D eigenvalue weighted by atomic mass is 16.6. The number of nitrogens with zero attached hydrogens (tertiary/aromatic N) is 4. The normalized spacial score (nSPS) is 11.2. The molecule has 1 aromatic heterocycles. The van der Waals surface area contributed by atoms with Gasteiger partial charge in [-0.1, -0.05) is 12.1 Å². The Bertz CT molecular complexity index is 1020. The highest BCUT2D eigenvalue weighted by Crippen LogP contribution is 2.18. The smallest absolute Gasteiger partial charge is 0.278 e. The molecule has 26 heavy (non-hydrogen) atoms. The molecule has 2 aromatic carbocycles. The zero-order chi connectivity index (χ0) is 18.7. The number of hydrazone groups is 1. The van der Waals surface area contributed by atoms with Crippen LogP contribution in [-0.2, 0) is 6.54 Å². The van der Waals surface area contributed by atoms with E-state index in [0.717, 1.165) is 23.4 Å². The van der Waals surface area contributed by atoms with Crippen molar-refractivity contribution in [1.82, 2.24) is 15.0 Å². The first-order chi connectivity index (χ1) is 12.5. The van der Waals surface area contributed by atoms with Gasteiger partial charge in [0.1, 0.15) is 5.82 Å². The van der Waals surface area contributed by atoms with Gasteiger partial charge in [-0.3, -0.25) is 14.9 Å². The minimum absolute atomic E-state index is 0.0764. The van der Waals surface area contributed by atoms with Crippen molar-refractivity contribution in [3.8, 4) is 0 Å². The van der Waals surface area contributed by atoms with Gasteiger partial charge in [-0.15, -0.1) is 0 Å². The first-order valence-corrected chi connectivity index (χ1v) is 8.05. The van der Waals surface area contributed by atoms with Gasteiger partial charge in [-0.2, -0.15) is 5.10 Å². The van der Waals surface area contributed by atoms with Crippen LogP contribution < -0.4 is 5.43 Å². The van der Waals surface area contributed by atoms with E-state index < -0.39 is 10.8 Å². The number of carbonyl (C=O) groups is 1. The zero-order valence-electron chi connectivity index (χ0n) is 14.3. The molecular weight excluding hydrogens is 334 g/mol. The van der Waals surface area contributed by atoms with E-state index in [1.807, 2.05) is 19.9 Å². The third-order valence-electron chi connectivity index (χ3n) is 4.02. The highest BCUT2D eigenvalue weighted by Gasteiger charge is 2.12. The number of amides is 1. The van der Waals surface area contributed by atoms with E-state index >= 15 is 0 Å². The number of fused-ring (bicyclic) bond motifs is 1. The molecular formula is C18H17N5O3. The standard InChI is InChI=1S/C18H17N5O3/c1-3-22-12(2)20-15-10-13(8-9-17(15)22)18(24)21-19-11-14-6-4-5-7-16(14)23(25)26/h4-11H,3H2,1-2H3,(H,21,24). The Labute approximate surface area is 149 Å². The SMILES string of the molecule is CCn1c(C)nc2cc(C(=O)NN=Cc3ccccc3[N+](=O)[O-])ccc21. The third-order valence-corrected chi connectivity index (χ3v) is 4.02. The number of aromatic nitrogens is 2. The summed E-state index contributed by atoms with van der Waals surface area (Å²) < 4.78 is 2.06. The van der Waals surface area contributed by atoms with Crippen LogP contribution in [0, 0.1) is 17.0 Å². The quantitative estimate of drug-likeness (QED) is 0.433. The van der Waals surface area contributed by atoms with Crippen LogP contribution >= 0.6 is 0 Å². The van der Waals surface area contributed by atoms with E-state index in [1.165, 1.54) is 12.3 Å². The van der Waals surface area contributed by atoms with Gasteiger partial charge in [0, 0.05) is 18.2 Å². The number of hydrogen-bond donors (Lipinski definition) is 1. The first-order valence-electron chi connectivity index (χ1n) is 8.05. The summed E-state index contributed by atoms with van der Waals surface area (Å²) >= 11 is 0. The number of aryl methyl sites for hydroxylation is 2. The van der Waals surface area contributed by atoms with Gasteiger partial charge in [-0.05, 0) is 38.1 Å². The fourth-order valence-electron chi connectivity index (χ4n) is 2.78. The number of imidazole rings is 1. The maximum absolute atomic E-state index is 12.3. The molecule has 8 heteroatoms. The average Bonchev–Trinajstić information content (AvgIpc) is 2.95. The summed E-state index contributed by atoms with van der Waals surface area (Å²) in [5.41, 5.74) is 4.73. The van der Waals surface area contributed by atoms with Crippen LogP contribution in [0.2, 0.25) is 0 Å². The molecule has 8 nitrogen and oxygen atoms in total. The molecule has 1 amide bonds. The lowest BCUT2D eigenvalue weighted by Gasteiger charge is -2.03. The lowest BCUT2D eigenvalue weighted by atomic mass is 10.2. The maximum atomic E-state index is 12.3. The number of nitro benzene ring substituents is 1. The van der Waals surface area contributed by atoms with Gasteiger partial charge in [0.05, 0.1) is 27.7 Å². The molecule has 0 fully saturated rings. The number of nitro groups is 1. The van der Waals surface area contributed by atoms with E-state index in [0.29, 0.717) is 11.1 Å². The van der Waals surface area contributed by atoms with Crippen molar-refractivity contribution in [2.45, 2.75) is 20.4 Å². The average molecular weight is 351 g/mol. The van der Waals surface area contributed by atoms with Crippen molar-refractivity contribution in [1.29, 1.82) is 0 Å². The molecule has 0 bridgehead atoms. The largest absolute Gasteiger partial charge is 0.329 e. The van der Waals surface area contributed by atoms with Crippen LogP contribution in [0.15, 0.2) is 47.6 Å². The number of rotatable bonds is 5. The molecule has 0 aliphatic carbocycles. The van der Waals surface area contributed by atoms with E-state index in [4.69, 9.17) is 0 Å². The molecule has 1 heterocycles. The minimum atomic E-state index is -0.497. The van der Waals surface area contributed by atoms with Gasteiger partial charge in [0.15, 0.2) is 0 Å². The maximum Gasteiger partial charge on any atom is 0.278 e. The van der Waals surface area contributed by atoms with E-state index in [9.17, 15) is 14.9 Å². The topological polar surface area (TPSA) is 102 Å². The summed E-state index contributed by atoms with van der Waals surface area (Å²) in [6.07, 6.45) is 1.25. The molecule has 132 valence electrons. The van der Waals surface area contributed by atoms with Gasteiger partial charge >= 0.3 is 0 Å². The summed E-state index contributed by atoms with van der Waals surface area (Å²) in [4.78, 5) is 27.2. The Hall–Kier alpha value is -3.55. The molecule has 0 aliphatic heterocycles. The van der Waals surface area contributed by atoms with Gasteiger partial charge in [-0.25, -0.2) is 10.4 Å². The molecule has 0 atom stereocenters. The monoisotopic (exact) mass is 351 g/mol. The summed E-state index contributed by atoms with van der Waals surface area (Å²) in [6.45, 7) is 4.75. The molecule has 0 unspecified atom stereocenters. The fourth-order valence-corrected chi connectivity index (χ4v) is 2.78. The number of nitrogens with one attached hydrogen (secondary N) is 1. The van der Waals surface area contributed by atoms with Crippen molar-refractivity contribution in [3.05, 3.63) is 69.5 Å². The fraction of sp³-hybridized carbons (Fsp3) is 0.167. The molecule has 0 saturated carbocycles. The Kier molecular flexibility index (Phi) is 4.74. The second kappa shape index (κ2) is 7.14. The van der Waals surface area contributed by atoms with Crippen molar-refractivity contribution in [2.24, 2.45) is 5.10 Å². The summed E-state index contributed by atoms with van der Waals surface area (Å²) in [7, 11) is 0. The molecule has 3 aromatic rings. The van der Waals surface area contributed by atoms with E-state index in [1.54, 1.807) is 30.3 Å². The lowest BCUT2D eigenvalue weighted by molar-refractivity contribution is -0.385. The molecule has 0 spiro atoms. The van der Waals surface area contributed by atoms with Crippen molar-refractivity contribution >= 4 is 28.8 Å². The van der Waals surface area contributed by atoms with Crippen LogP contribution in [0.25, 0.3) is 11.0 Å². The van der Waals surface area contributed by atoms with E-state index in [2.05, 4.69) is 20.1 Å². The predicted molar refractivity (Wildman–Crippen MR) is 98.3 cm³/mol. The zero-order valence-corrected chi connectivity index (χ0v) is 14.3. The van der Waals surface area contributed by atoms with Crippen LogP contribution in [0.5, 0.6) is 0 Å². The first kappa shape index (κ1) is 17.3. The summed E-state index contributed by atoms with van der Waals surface area (Å²) in [6, 6.07) is 11.4. The number of hydrogen-bond acceptors (Lipinski definition) is 5. The Morgan fingerprint density at radius 2 is 2.12 bits per heavy atom. The third kappa shape index (κ3) is 3.30. The second-order valence-corrected chi connectivity index (χ2v) is 5.62. The molecule has 3 rings (SSSR count). The van der Waals surface area contributed by atoms with E-state index in [-0.39, 0.29) is 5.69 Å². The van der Waals surface area contributed by atoms with Crippen LogP contribution in [0.4, 0.5) is 5.69 Å². The molecule has 0 radical (unpaired) electrons. The summed E-state index contributed by atoms with van der Waals surface area (Å²) in [5, 5.41) is 14.8. The predicted octanol–water partition coefficient (Wildman–Crippen LogP) is 3.04. The Balaban J connectivity index is 1.78. The molecule has 0 saturated heterocycles. The van der Waals surface area contributed by atoms with Gasteiger partial charge in [0.25, 0.3) is 11.6 Å². The Morgan fingerprint density at radius 3 is 2.85 bits per heavy atom. The Morgan fingerprint density at radius 1 is 1.35 bits per heavy atom. The highest BCUT2D eigenvalue weighted by molar-refractivity contribution is 5.98. The van der Waals surface area contributed by atoms with Crippen LogP contribution in [0.3, 0.4) is 0 Å². The van der Waals surface area contributed by atoms with Crippen LogP contribution in [-0.4, -0.2) is 26.6 Å². The van der Waals surface area contributed by atoms with Gasteiger partial charge < -0.3 is 4.57 Å². The number of para-hydroxylation sites is 1. The minimum Gasteiger partial charge on any atom is -0.329 e. The van der Waals surface area contributed by atoms with Crippen LogP contribution in [0.1, 0.15) is 28.7 Å². The molecule has 1 N–H and O–H groups in total. The molecule has 0 aliphatic rings. The lowest BCUT2D eigenvalue weighted by Crippen LogP contribution is -2.17. The van der Waals surface area contributed by atoms with Crippen molar-refractivity contribution < 1.29 is 9.72 Å². The van der Waals surface area contributed by atoms with Gasteiger partial charge in [0.2, 0.25) is 0 Å². The number of carbonyl (C=O) groups excluding carboxylic acids is 1.